The molecule has 0 aliphatic heterocycles. The average Bonchev–Trinajstić information content (AvgIpc) is 2.23. The highest BCUT2D eigenvalue weighted by atomic mass is 79.9. The van der Waals surface area contributed by atoms with Crippen LogP contribution in [0.1, 0.15) is 0 Å². The van der Waals surface area contributed by atoms with E-state index in [1.165, 1.54) is 11.8 Å². The number of pyridine rings is 1. The van der Waals surface area contributed by atoms with Gasteiger partial charge in [0.2, 0.25) is 0 Å². The summed E-state index contributed by atoms with van der Waals surface area (Å²) in [7, 11) is 0. The van der Waals surface area contributed by atoms with Crippen molar-refractivity contribution >= 4 is 27.7 Å². The third kappa shape index (κ3) is 2.52. The monoisotopic (exact) mass is 267 g/mol. The van der Waals surface area contributed by atoms with Crippen molar-refractivity contribution in [3.8, 4) is 0 Å². The summed E-state index contributed by atoms with van der Waals surface area (Å²) < 4.78 is 0.973. The minimum Gasteiger partial charge on any atom is -0.260 e. The van der Waals surface area contributed by atoms with E-state index < -0.39 is 0 Å². The Morgan fingerprint density at radius 1 is 1.00 bits per heavy atom. The Morgan fingerprint density at radius 2 is 1.93 bits per heavy atom. The lowest BCUT2D eigenvalue weighted by Crippen LogP contribution is -1.82. The summed E-state index contributed by atoms with van der Waals surface area (Å²) in [4.78, 5) is 12.3. The molecule has 2 aromatic rings. The molecular formula is C9H6BrN3S. The van der Waals surface area contributed by atoms with Crippen molar-refractivity contribution in [2.75, 3.05) is 0 Å². The van der Waals surface area contributed by atoms with Crippen molar-refractivity contribution in [2.45, 2.75) is 10.1 Å². The Balaban J connectivity index is 2.16. The fraction of sp³-hybridized carbons (Fsp3) is 0. The van der Waals surface area contributed by atoms with Gasteiger partial charge in [-0.05, 0) is 39.8 Å². The lowest BCUT2D eigenvalue weighted by molar-refractivity contribution is 1.04. The van der Waals surface area contributed by atoms with E-state index in [1.54, 1.807) is 24.8 Å². The van der Waals surface area contributed by atoms with Crippen molar-refractivity contribution in [1.29, 1.82) is 0 Å². The highest BCUT2D eigenvalue weighted by molar-refractivity contribution is 9.10. The van der Waals surface area contributed by atoms with Gasteiger partial charge in [-0.15, -0.1) is 0 Å². The van der Waals surface area contributed by atoms with E-state index >= 15 is 0 Å². The van der Waals surface area contributed by atoms with Gasteiger partial charge in [0.25, 0.3) is 0 Å². The zero-order valence-corrected chi connectivity index (χ0v) is 9.49. The number of hydrogen-bond donors (Lipinski definition) is 0. The van der Waals surface area contributed by atoms with E-state index in [0.29, 0.717) is 0 Å². The van der Waals surface area contributed by atoms with Gasteiger partial charge < -0.3 is 0 Å². The molecule has 2 heterocycles. The highest BCUT2D eigenvalue weighted by Crippen LogP contribution is 2.23. The van der Waals surface area contributed by atoms with Crippen LogP contribution in [0.3, 0.4) is 0 Å². The molecule has 0 radical (unpaired) electrons. The van der Waals surface area contributed by atoms with Crippen LogP contribution in [0.2, 0.25) is 0 Å². The van der Waals surface area contributed by atoms with Gasteiger partial charge in [-0.2, -0.15) is 0 Å². The van der Waals surface area contributed by atoms with Gasteiger partial charge in [-0.25, -0.2) is 9.97 Å². The van der Waals surface area contributed by atoms with E-state index in [0.717, 1.165) is 14.5 Å². The molecular weight excluding hydrogens is 262 g/mol. The fourth-order valence-corrected chi connectivity index (χ4v) is 1.79. The molecule has 5 heteroatoms. The van der Waals surface area contributed by atoms with Crippen LogP contribution in [0.4, 0.5) is 0 Å². The Bertz CT molecular complexity index is 404. The van der Waals surface area contributed by atoms with Gasteiger partial charge in [0.05, 0.1) is 6.20 Å². The molecule has 0 amide bonds. The summed E-state index contributed by atoms with van der Waals surface area (Å²) in [5, 5.41) is 1.76. The first-order valence-corrected chi connectivity index (χ1v) is 5.51. The zero-order chi connectivity index (χ0) is 9.80. The topological polar surface area (TPSA) is 38.7 Å². The molecule has 0 spiro atoms. The van der Waals surface area contributed by atoms with Gasteiger partial charge in [0.1, 0.15) is 10.1 Å². The van der Waals surface area contributed by atoms with Gasteiger partial charge in [-0.1, -0.05) is 0 Å². The SMILES string of the molecule is Brc1ccc(Sc2cnccn2)nc1. The lowest BCUT2D eigenvalue weighted by atomic mass is 10.5. The molecule has 0 saturated heterocycles. The van der Waals surface area contributed by atoms with Crippen LogP contribution in [0.15, 0.2) is 51.4 Å². The number of aromatic nitrogens is 3. The van der Waals surface area contributed by atoms with Crippen LogP contribution in [0.5, 0.6) is 0 Å². The maximum absolute atomic E-state index is 4.22. The quantitative estimate of drug-likeness (QED) is 0.839. The second kappa shape index (κ2) is 4.52. The number of nitrogens with zero attached hydrogens (tertiary/aromatic N) is 3. The van der Waals surface area contributed by atoms with Gasteiger partial charge in [-0.3, -0.25) is 4.98 Å². The van der Waals surface area contributed by atoms with Gasteiger partial charge in [0.15, 0.2) is 0 Å². The zero-order valence-electron chi connectivity index (χ0n) is 7.09. The Kier molecular flexibility index (Phi) is 3.10. The lowest BCUT2D eigenvalue weighted by Gasteiger charge is -1.98. The summed E-state index contributed by atoms with van der Waals surface area (Å²) >= 11 is 4.82. The third-order valence-electron chi connectivity index (χ3n) is 1.45. The molecule has 3 nitrogen and oxygen atoms in total. The number of hydrogen-bond acceptors (Lipinski definition) is 4. The van der Waals surface area contributed by atoms with Crippen LogP contribution in [-0.2, 0) is 0 Å². The predicted octanol–water partition coefficient (Wildman–Crippen LogP) is 2.79. The molecule has 0 aliphatic carbocycles. The molecule has 0 aliphatic rings. The molecule has 0 fully saturated rings. The van der Waals surface area contributed by atoms with Crippen molar-refractivity contribution in [3.63, 3.8) is 0 Å². The molecule has 2 rings (SSSR count). The largest absolute Gasteiger partial charge is 0.260 e. The second-order valence-corrected chi connectivity index (χ2v) is 4.42. The fourth-order valence-electron chi connectivity index (χ4n) is 0.868. The highest BCUT2D eigenvalue weighted by Gasteiger charge is 1.98. The molecule has 14 heavy (non-hydrogen) atoms. The first-order chi connectivity index (χ1) is 6.84. The minimum atomic E-state index is 0.849. The summed E-state index contributed by atoms with van der Waals surface area (Å²) in [5.74, 6) is 0. The predicted molar refractivity (Wildman–Crippen MR) is 58.1 cm³/mol. The molecule has 2 aromatic heterocycles. The third-order valence-corrected chi connectivity index (χ3v) is 2.79. The Labute approximate surface area is 94.1 Å². The van der Waals surface area contributed by atoms with Crippen LogP contribution >= 0.6 is 27.7 Å². The van der Waals surface area contributed by atoms with Gasteiger partial charge >= 0.3 is 0 Å². The molecule has 0 aromatic carbocycles. The van der Waals surface area contributed by atoms with E-state index in [4.69, 9.17) is 0 Å². The second-order valence-electron chi connectivity index (χ2n) is 2.46. The van der Waals surface area contributed by atoms with Crippen molar-refractivity contribution in [1.82, 2.24) is 15.0 Å². The molecule has 0 atom stereocenters. The molecule has 0 bridgehead atoms. The van der Waals surface area contributed by atoms with Crippen LogP contribution < -0.4 is 0 Å². The first-order valence-electron chi connectivity index (χ1n) is 3.90. The average molecular weight is 268 g/mol. The van der Waals surface area contributed by atoms with E-state index in [1.807, 2.05) is 12.1 Å². The number of halogens is 1. The maximum atomic E-state index is 4.22. The Morgan fingerprint density at radius 3 is 2.57 bits per heavy atom. The summed E-state index contributed by atoms with van der Waals surface area (Å²) in [6, 6.07) is 3.88. The standard InChI is InChI=1S/C9H6BrN3S/c10-7-1-2-8(13-5-7)14-9-6-11-3-4-12-9/h1-6H. The minimum absolute atomic E-state index is 0.849. The van der Waals surface area contributed by atoms with Crippen molar-refractivity contribution in [3.05, 3.63) is 41.4 Å². The van der Waals surface area contributed by atoms with E-state index in [2.05, 4.69) is 30.9 Å². The van der Waals surface area contributed by atoms with E-state index in [-0.39, 0.29) is 0 Å². The normalized spacial score (nSPS) is 10.1. The van der Waals surface area contributed by atoms with Crippen molar-refractivity contribution in [2.24, 2.45) is 0 Å². The molecule has 70 valence electrons. The summed E-state index contributed by atoms with van der Waals surface area (Å²) in [6.45, 7) is 0. The van der Waals surface area contributed by atoms with Crippen LogP contribution in [-0.4, -0.2) is 15.0 Å². The molecule has 0 saturated carbocycles. The van der Waals surface area contributed by atoms with Gasteiger partial charge in [0, 0.05) is 23.1 Å². The summed E-state index contributed by atoms with van der Waals surface area (Å²) in [5.41, 5.74) is 0. The maximum Gasteiger partial charge on any atom is 0.121 e. The molecule has 0 unspecified atom stereocenters. The van der Waals surface area contributed by atoms with Crippen LogP contribution in [0, 0.1) is 0 Å². The van der Waals surface area contributed by atoms with E-state index in [9.17, 15) is 0 Å². The van der Waals surface area contributed by atoms with Crippen LogP contribution in [0.25, 0.3) is 0 Å². The molecule has 0 N–H and O–H groups in total. The Hall–Kier alpha value is -0.940. The summed E-state index contributed by atoms with van der Waals surface area (Å²) in [6.07, 6.45) is 6.80. The smallest absolute Gasteiger partial charge is 0.121 e. The van der Waals surface area contributed by atoms with Crippen molar-refractivity contribution < 1.29 is 0 Å². The number of rotatable bonds is 2. The first kappa shape index (κ1) is 9.61.